The van der Waals surface area contributed by atoms with Crippen LogP contribution in [0.2, 0.25) is 0 Å². The number of alkyl halides is 3. The molecule has 25 heavy (non-hydrogen) atoms. The fraction of sp³-hybridized carbons (Fsp3) is 0.625. The Hall–Kier alpha value is -2.03. The third kappa shape index (κ3) is 6.08. The molecule has 0 bridgehead atoms. The van der Waals surface area contributed by atoms with Crippen molar-refractivity contribution < 1.29 is 32.6 Å². The monoisotopic (exact) mass is 364 g/mol. The number of piperidine rings is 1. The van der Waals surface area contributed by atoms with Gasteiger partial charge >= 0.3 is 18.1 Å². The summed E-state index contributed by atoms with van der Waals surface area (Å²) in [5.74, 6) is -2.93. The smallest absolute Gasteiger partial charge is 0.475 e. The molecule has 6 nitrogen and oxygen atoms in total. The van der Waals surface area contributed by atoms with Crippen LogP contribution in [-0.2, 0) is 9.53 Å². The predicted octanol–water partition coefficient (Wildman–Crippen LogP) is 2.82. The number of nitrogens with zero attached hydrogens (tertiary/aromatic N) is 1. The van der Waals surface area contributed by atoms with Gasteiger partial charge in [0, 0.05) is 24.5 Å². The van der Waals surface area contributed by atoms with E-state index in [0.29, 0.717) is 5.56 Å². The molecule has 0 aliphatic carbocycles. The normalized spacial score (nSPS) is 16.1. The molecule has 0 amide bonds. The number of halogens is 3. The van der Waals surface area contributed by atoms with Gasteiger partial charge in [0.2, 0.25) is 0 Å². The Bertz CT molecular complexity index is 618. The number of aromatic nitrogens is 1. The van der Waals surface area contributed by atoms with E-state index >= 15 is 0 Å². The van der Waals surface area contributed by atoms with E-state index in [2.05, 4.69) is 16.9 Å². The van der Waals surface area contributed by atoms with Crippen LogP contribution in [0.15, 0.2) is 0 Å². The molecule has 2 heterocycles. The molecule has 142 valence electrons. The minimum Gasteiger partial charge on any atom is -0.475 e. The number of hydrogen-bond acceptors (Lipinski definition) is 4. The SMILES string of the molecule is Cc1[nH]c(C)c(C(=O)OC2CCN(C)CC2)c1C.O=C(O)C(F)(F)F. The van der Waals surface area contributed by atoms with Crippen molar-refractivity contribution >= 4 is 11.9 Å². The number of H-pyrrole nitrogens is 1. The Morgan fingerprint density at radius 2 is 1.64 bits per heavy atom. The molecule has 2 rings (SSSR count). The number of aliphatic carboxylic acids is 1. The standard InChI is InChI=1S/C14H22N2O2.C2HF3O2/c1-9-10(2)15-11(3)13(9)14(17)18-12-5-7-16(4)8-6-12;3-2(4,5)1(6)7/h12,15H,5-8H2,1-4H3;(H,6,7). The first kappa shape index (κ1) is 21.0. The van der Waals surface area contributed by atoms with Gasteiger partial charge in [0.15, 0.2) is 0 Å². The highest BCUT2D eigenvalue weighted by Crippen LogP contribution is 2.21. The van der Waals surface area contributed by atoms with Gasteiger partial charge in [-0.15, -0.1) is 0 Å². The first-order valence-corrected chi connectivity index (χ1v) is 7.78. The van der Waals surface area contributed by atoms with Crippen molar-refractivity contribution in [3.8, 4) is 0 Å². The molecule has 0 atom stereocenters. The summed E-state index contributed by atoms with van der Waals surface area (Å²) < 4.78 is 37.4. The summed E-state index contributed by atoms with van der Waals surface area (Å²) in [5.41, 5.74) is 3.67. The lowest BCUT2D eigenvalue weighted by Gasteiger charge is -2.28. The molecule has 0 spiro atoms. The van der Waals surface area contributed by atoms with E-state index in [4.69, 9.17) is 14.6 Å². The van der Waals surface area contributed by atoms with Crippen molar-refractivity contribution in [1.82, 2.24) is 9.88 Å². The summed E-state index contributed by atoms with van der Waals surface area (Å²) in [5, 5.41) is 7.12. The van der Waals surface area contributed by atoms with E-state index in [0.717, 1.165) is 42.9 Å². The molecule has 1 aliphatic rings. The maximum Gasteiger partial charge on any atom is 0.490 e. The van der Waals surface area contributed by atoms with Crippen LogP contribution in [0.1, 0.15) is 40.2 Å². The number of esters is 1. The van der Waals surface area contributed by atoms with E-state index < -0.39 is 12.1 Å². The molecular weight excluding hydrogens is 341 g/mol. The molecule has 0 aromatic carbocycles. The Morgan fingerprint density at radius 3 is 2.00 bits per heavy atom. The van der Waals surface area contributed by atoms with E-state index in [-0.39, 0.29) is 12.1 Å². The van der Waals surface area contributed by atoms with Gasteiger partial charge in [-0.1, -0.05) is 0 Å². The van der Waals surface area contributed by atoms with Crippen LogP contribution in [0, 0.1) is 20.8 Å². The largest absolute Gasteiger partial charge is 0.490 e. The van der Waals surface area contributed by atoms with Crippen molar-refractivity contribution in [3.63, 3.8) is 0 Å². The summed E-state index contributed by atoms with van der Waals surface area (Å²) in [7, 11) is 2.10. The third-order valence-corrected chi connectivity index (χ3v) is 4.07. The lowest BCUT2D eigenvalue weighted by Crippen LogP contribution is -2.35. The topological polar surface area (TPSA) is 82.6 Å². The van der Waals surface area contributed by atoms with E-state index in [1.165, 1.54) is 0 Å². The second kappa shape index (κ2) is 8.37. The summed E-state index contributed by atoms with van der Waals surface area (Å²) in [6.45, 7) is 7.87. The summed E-state index contributed by atoms with van der Waals surface area (Å²) in [6.07, 6.45) is -3.14. The number of hydrogen-bond donors (Lipinski definition) is 2. The van der Waals surface area contributed by atoms with Crippen LogP contribution in [-0.4, -0.2) is 59.3 Å². The van der Waals surface area contributed by atoms with Crippen molar-refractivity contribution in [2.45, 2.75) is 45.9 Å². The number of rotatable bonds is 2. The molecule has 1 fully saturated rings. The highest BCUT2D eigenvalue weighted by atomic mass is 19.4. The van der Waals surface area contributed by atoms with Crippen LogP contribution in [0.3, 0.4) is 0 Å². The van der Waals surface area contributed by atoms with Gasteiger partial charge in [0.25, 0.3) is 0 Å². The van der Waals surface area contributed by atoms with Gasteiger partial charge in [-0.3, -0.25) is 0 Å². The minimum absolute atomic E-state index is 0.0720. The molecule has 1 aliphatic heterocycles. The summed E-state index contributed by atoms with van der Waals surface area (Å²) >= 11 is 0. The van der Waals surface area contributed by atoms with Gasteiger partial charge in [-0.2, -0.15) is 13.2 Å². The lowest BCUT2D eigenvalue weighted by atomic mass is 10.1. The number of carbonyl (C=O) groups excluding carboxylic acids is 1. The maximum absolute atomic E-state index is 12.2. The highest BCUT2D eigenvalue weighted by Gasteiger charge is 2.38. The van der Waals surface area contributed by atoms with E-state index in [1.54, 1.807) is 0 Å². The van der Waals surface area contributed by atoms with E-state index in [9.17, 15) is 18.0 Å². The average Bonchev–Trinajstić information content (AvgIpc) is 2.74. The number of aromatic amines is 1. The fourth-order valence-corrected chi connectivity index (χ4v) is 2.53. The summed E-state index contributed by atoms with van der Waals surface area (Å²) in [6, 6.07) is 0. The molecule has 2 N–H and O–H groups in total. The molecule has 1 saturated heterocycles. The van der Waals surface area contributed by atoms with Gasteiger partial charge in [-0.05, 0) is 46.2 Å². The van der Waals surface area contributed by atoms with Crippen LogP contribution in [0.25, 0.3) is 0 Å². The van der Waals surface area contributed by atoms with Crippen LogP contribution >= 0.6 is 0 Å². The number of carboxylic acids is 1. The zero-order valence-corrected chi connectivity index (χ0v) is 14.7. The number of likely N-dealkylation sites (tertiary alicyclic amines) is 1. The van der Waals surface area contributed by atoms with Crippen molar-refractivity contribution in [2.75, 3.05) is 20.1 Å². The maximum atomic E-state index is 12.2. The van der Waals surface area contributed by atoms with E-state index in [1.807, 2.05) is 20.8 Å². The van der Waals surface area contributed by atoms with Gasteiger partial charge in [0.1, 0.15) is 6.10 Å². The Labute approximate surface area is 144 Å². The Kier molecular flexibility index (Phi) is 7.04. The molecule has 1 aromatic heterocycles. The first-order chi connectivity index (χ1) is 11.4. The van der Waals surface area contributed by atoms with Crippen molar-refractivity contribution in [1.29, 1.82) is 0 Å². The lowest BCUT2D eigenvalue weighted by molar-refractivity contribution is -0.192. The molecule has 0 saturated carbocycles. The van der Waals surface area contributed by atoms with Gasteiger partial charge < -0.3 is 19.7 Å². The Balaban J connectivity index is 0.000000381. The molecule has 9 heteroatoms. The minimum atomic E-state index is -5.08. The fourth-order valence-electron chi connectivity index (χ4n) is 2.53. The quantitative estimate of drug-likeness (QED) is 0.789. The molecule has 0 unspecified atom stereocenters. The molecular formula is C16H23F3N2O4. The predicted molar refractivity (Wildman–Crippen MR) is 84.6 cm³/mol. The van der Waals surface area contributed by atoms with Crippen LogP contribution in [0.5, 0.6) is 0 Å². The number of aryl methyl sites for hydroxylation is 2. The zero-order valence-electron chi connectivity index (χ0n) is 14.7. The average molecular weight is 364 g/mol. The number of carbonyl (C=O) groups is 2. The highest BCUT2D eigenvalue weighted by molar-refractivity contribution is 5.92. The second-order valence-electron chi connectivity index (χ2n) is 6.09. The van der Waals surface area contributed by atoms with Crippen LogP contribution in [0.4, 0.5) is 13.2 Å². The summed E-state index contributed by atoms with van der Waals surface area (Å²) in [4.78, 5) is 26.5. The van der Waals surface area contributed by atoms with Crippen LogP contribution < -0.4 is 0 Å². The third-order valence-electron chi connectivity index (χ3n) is 4.07. The number of nitrogens with one attached hydrogen (secondary N) is 1. The first-order valence-electron chi connectivity index (χ1n) is 7.78. The van der Waals surface area contributed by atoms with Gasteiger partial charge in [0.05, 0.1) is 5.56 Å². The number of ether oxygens (including phenoxy) is 1. The van der Waals surface area contributed by atoms with Crippen molar-refractivity contribution in [3.05, 3.63) is 22.5 Å². The molecule has 1 aromatic rings. The zero-order chi connectivity index (χ0) is 19.4. The van der Waals surface area contributed by atoms with Crippen molar-refractivity contribution in [2.24, 2.45) is 0 Å². The van der Waals surface area contributed by atoms with Gasteiger partial charge in [-0.25, -0.2) is 9.59 Å². The Morgan fingerprint density at radius 1 is 1.16 bits per heavy atom. The number of carboxylic acid groups (broad SMARTS) is 1. The molecule has 0 radical (unpaired) electrons. The second-order valence-corrected chi connectivity index (χ2v) is 6.09.